The van der Waals surface area contributed by atoms with Crippen LogP contribution in [0, 0.1) is 0 Å². The van der Waals surface area contributed by atoms with Crippen LogP contribution in [0.2, 0.25) is 5.02 Å². The van der Waals surface area contributed by atoms with Crippen LogP contribution in [0.1, 0.15) is 0 Å². The first kappa shape index (κ1) is 12.8. The third-order valence-electron chi connectivity index (χ3n) is 1.61. The number of nitrogens with zero attached hydrogens (tertiary/aromatic N) is 1. The summed E-state index contributed by atoms with van der Waals surface area (Å²) in [5, 5.41) is 1.42. The summed E-state index contributed by atoms with van der Waals surface area (Å²) >= 11 is 5.40. The second-order valence-corrected chi connectivity index (χ2v) is 3.19. The number of aromatic nitrogens is 2. The van der Waals surface area contributed by atoms with E-state index in [2.05, 4.69) is 9.97 Å². The zero-order valence-corrected chi connectivity index (χ0v) is 8.36. The van der Waals surface area contributed by atoms with Gasteiger partial charge in [0.15, 0.2) is 5.82 Å². The van der Waals surface area contributed by atoms with Crippen molar-refractivity contribution in [1.29, 1.82) is 0 Å². The number of anilines is 1. The predicted octanol–water partition coefficient (Wildman–Crippen LogP) is 1.74. The van der Waals surface area contributed by atoms with E-state index < -0.39 is 29.5 Å². The first-order valence-corrected chi connectivity index (χ1v) is 4.35. The summed E-state index contributed by atoms with van der Waals surface area (Å²) < 4.78 is 48.6. The van der Waals surface area contributed by atoms with Gasteiger partial charge in [0.2, 0.25) is 0 Å². The van der Waals surface area contributed by atoms with Crippen LogP contribution < -0.4 is 10.9 Å². The number of hydrogen-bond donors (Lipinski definition) is 2. The number of alkyl halides is 4. The normalized spacial score (nSPS) is 11.9. The lowest BCUT2D eigenvalue weighted by atomic mass is 10.3. The molecule has 0 fully saturated rings. The molecule has 0 aliphatic heterocycles. The van der Waals surface area contributed by atoms with Gasteiger partial charge in [-0.2, -0.15) is 8.78 Å². The van der Waals surface area contributed by atoms with Gasteiger partial charge in [0, 0.05) is 0 Å². The van der Waals surface area contributed by atoms with E-state index in [9.17, 15) is 22.4 Å². The number of hydrogen-bond acceptors (Lipinski definition) is 3. The van der Waals surface area contributed by atoms with Crippen LogP contribution in [0.15, 0.2) is 11.1 Å². The van der Waals surface area contributed by atoms with Crippen LogP contribution in [-0.2, 0) is 0 Å². The lowest BCUT2D eigenvalue weighted by Crippen LogP contribution is -2.35. The minimum absolute atomic E-state index is 0.370. The highest BCUT2D eigenvalue weighted by molar-refractivity contribution is 6.32. The molecule has 0 saturated carbocycles. The molecule has 4 nitrogen and oxygen atoms in total. The van der Waals surface area contributed by atoms with Gasteiger partial charge in [-0.05, 0) is 0 Å². The maximum absolute atomic E-state index is 12.5. The lowest BCUT2D eigenvalue weighted by Gasteiger charge is -2.16. The summed E-state index contributed by atoms with van der Waals surface area (Å²) in [4.78, 5) is 16.4. The molecule has 0 saturated heterocycles. The summed E-state index contributed by atoms with van der Waals surface area (Å²) in [5.74, 6) is -4.58. The minimum atomic E-state index is -4.21. The number of aromatic amines is 1. The summed E-state index contributed by atoms with van der Waals surface area (Å²) in [6.45, 7) is -1.36. The average molecular weight is 260 g/mol. The smallest absolute Gasteiger partial charge is 0.324 e. The van der Waals surface area contributed by atoms with Crippen molar-refractivity contribution >= 4 is 17.4 Å². The van der Waals surface area contributed by atoms with Crippen LogP contribution in [-0.4, -0.2) is 28.9 Å². The van der Waals surface area contributed by atoms with E-state index in [0.29, 0.717) is 0 Å². The molecule has 1 heterocycles. The number of nitrogens with one attached hydrogen (secondary N) is 2. The first-order valence-electron chi connectivity index (χ1n) is 3.97. The standard InChI is InChI=1S/C7H6ClF4N3O/c8-3-4(14-2-15-5(3)16)13-1-7(11,12)6(9)10/h2,6H,1H2,(H2,13,14,15,16). The lowest BCUT2D eigenvalue weighted by molar-refractivity contribution is -0.117. The van der Waals surface area contributed by atoms with Gasteiger partial charge in [0.25, 0.3) is 5.56 Å². The van der Waals surface area contributed by atoms with Gasteiger partial charge in [0.05, 0.1) is 12.9 Å². The number of halogens is 5. The third kappa shape index (κ3) is 2.84. The van der Waals surface area contributed by atoms with Gasteiger partial charge < -0.3 is 10.3 Å². The Bertz CT molecular complexity index is 422. The maximum Gasteiger partial charge on any atom is 0.324 e. The number of rotatable bonds is 4. The minimum Gasteiger partial charge on any atom is -0.362 e. The van der Waals surface area contributed by atoms with E-state index in [1.807, 2.05) is 5.32 Å². The summed E-state index contributed by atoms with van der Waals surface area (Å²) in [5.41, 5.74) is -0.750. The molecule has 9 heteroatoms. The SMILES string of the molecule is O=c1[nH]cnc(NCC(F)(F)C(F)F)c1Cl. The van der Waals surface area contributed by atoms with Crippen molar-refractivity contribution in [1.82, 2.24) is 9.97 Å². The van der Waals surface area contributed by atoms with Gasteiger partial charge in [-0.3, -0.25) is 4.79 Å². The van der Waals surface area contributed by atoms with Crippen LogP contribution >= 0.6 is 11.6 Å². The molecule has 0 spiro atoms. The van der Waals surface area contributed by atoms with E-state index in [0.717, 1.165) is 6.33 Å². The Labute approximate surface area is 91.6 Å². The molecule has 1 aromatic heterocycles. The van der Waals surface area contributed by atoms with Gasteiger partial charge in [-0.25, -0.2) is 13.8 Å². The monoisotopic (exact) mass is 259 g/mol. The fourth-order valence-electron chi connectivity index (χ4n) is 0.785. The van der Waals surface area contributed by atoms with Gasteiger partial charge in [0.1, 0.15) is 5.02 Å². The second kappa shape index (κ2) is 4.69. The largest absolute Gasteiger partial charge is 0.362 e. The molecule has 16 heavy (non-hydrogen) atoms. The summed E-state index contributed by atoms with van der Waals surface area (Å²) in [7, 11) is 0. The van der Waals surface area contributed by atoms with E-state index >= 15 is 0 Å². The van der Waals surface area contributed by atoms with E-state index in [1.165, 1.54) is 0 Å². The molecule has 0 radical (unpaired) electrons. The van der Waals surface area contributed by atoms with Crippen LogP contribution in [0.4, 0.5) is 23.4 Å². The van der Waals surface area contributed by atoms with E-state index in [4.69, 9.17) is 11.6 Å². The Balaban J connectivity index is 2.76. The summed E-state index contributed by atoms with van der Waals surface area (Å²) in [6, 6.07) is 0. The molecule has 0 unspecified atom stereocenters. The van der Waals surface area contributed by atoms with Crippen molar-refractivity contribution < 1.29 is 17.6 Å². The molecular weight excluding hydrogens is 254 g/mol. The van der Waals surface area contributed by atoms with Gasteiger partial charge in [-0.15, -0.1) is 0 Å². The Kier molecular flexibility index (Phi) is 3.74. The van der Waals surface area contributed by atoms with Crippen LogP contribution in [0.3, 0.4) is 0 Å². The molecule has 2 N–H and O–H groups in total. The maximum atomic E-state index is 12.5. The molecule has 0 aromatic carbocycles. The molecule has 0 aliphatic carbocycles. The quantitative estimate of drug-likeness (QED) is 0.810. The molecule has 0 amide bonds. The van der Waals surface area contributed by atoms with Crippen molar-refractivity contribution in [3.05, 3.63) is 21.7 Å². The highest BCUT2D eigenvalue weighted by atomic mass is 35.5. The van der Waals surface area contributed by atoms with Crippen molar-refractivity contribution in [2.75, 3.05) is 11.9 Å². The second-order valence-electron chi connectivity index (χ2n) is 2.81. The Morgan fingerprint density at radius 3 is 2.75 bits per heavy atom. The molecule has 0 bridgehead atoms. The Morgan fingerprint density at radius 1 is 1.56 bits per heavy atom. The molecule has 0 aliphatic rings. The molecular formula is C7H6ClF4N3O. The van der Waals surface area contributed by atoms with E-state index in [-0.39, 0.29) is 5.82 Å². The molecule has 1 rings (SSSR count). The topological polar surface area (TPSA) is 57.8 Å². The molecule has 1 aromatic rings. The van der Waals surface area contributed by atoms with Crippen molar-refractivity contribution in [2.45, 2.75) is 12.3 Å². The highest BCUT2D eigenvalue weighted by Crippen LogP contribution is 2.23. The van der Waals surface area contributed by atoms with E-state index in [1.54, 1.807) is 0 Å². The van der Waals surface area contributed by atoms with Crippen molar-refractivity contribution in [3.63, 3.8) is 0 Å². The Morgan fingerprint density at radius 2 is 2.19 bits per heavy atom. The van der Waals surface area contributed by atoms with Crippen molar-refractivity contribution in [3.8, 4) is 0 Å². The zero-order valence-electron chi connectivity index (χ0n) is 7.61. The Hall–Kier alpha value is -1.31. The fraction of sp³-hybridized carbons (Fsp3) is 0.429. The highest BCUT2D eigenvalue weighted by Gasteiger charge is 2.40. The third-order valence-corrected chi connectivity index (χ3v) is 1.96. The average Bonchev–Trinajstić information content (AvgIpc) is 2.20. The fourth-order valence-corrected chi connectivity index (χ4v) is 0.955. The van der Waals surface area contributed by atoms with Crippen LogP contribution in [0.25, 0.3) is 0 Å². The predicted molar refractivity (Wildman–Crippen MR) is 49.3 cm³/mol. The zero-order chi connectivity index (χ0) is 12.3. The molecule has 0 atom stereocenters. The van der Waals surface area contributed by atoms with Gasteiger partial charge >= 0.3 is 12.3 Å². The van der Waals surface area contributed by atoms with Gasteiger partial charge in [-0.1, -0.05) is 11.6 Å². The first-order chi connectivity index (χ1) is 7.34. The molecule has 90 valence electrons. The number of H-pyrrole nitrogens is 1. The van der Waals surface area contributed by atoms with Crippen LogP contribution in [0.5, 0.6) is 0 Å². The van der Waals surface area contributed by atoms with Crippen molar-refractivity contribution in [2.24, 2.45) is 0 Å². The summed E-state index contributed by atoms with van der Waals surface area (Å²) in [6.07, 6.45) is -2.89.